The molecule has 0 spiro atoms. The number of carbonyl (C=O) groups is 1. The Morgan fingerprint density at radius 2 is 1.45 bits per heavy atom. The van der Waals surface area contributed by atoms with Crippen molar-refractivity contribution in [3.63, 3.8) is 0 Å². The summed E-state index contributed by atoms with van der Waals surface area (Å²) in [6, 6.07) is 0.919. The average molecular weight is 309 g/mol. The van der Waals surface area contributed by atoms with Crippen LogP contribution in [0.15, 0.2) is 0 Å². The van der Waals surface area contributed by atoms with Crippen LogP contribution in [0.4, 0.5) is 0 Å². The maximum absolute atomic E-state index is 9.90. The van der Waals surface area contributed by atoms with Crippen molar-refractivity contribution in [3.8, 4) is 0 Å². The summed E-state index contributed by atoms with van der Waals surface area (Å²) in [6.45, 7) is 11.8. The van der Waals surface area contributed by atoms with Crippen LogP contribution in [0, 0.1) is 0 Å². The number of carbonyl (C=O) groups excluding carboxylic acids is 1. The van der Waals surface area contributed by atoms with Crippen LogP contribution in [0.5, 0.6) is 0 Å². The van der Waals surface area contributed by atoms with Crippen molar-refractivity contribution < 1.29 is 23.2 Å². The molecule has 122 valence electrons. The molecule has 0 aromatic carbocycles. The van der Waals surface area contributed by atoms with Gasteiger partial charge in [0.05, 0.1) is 0 Å². The number of nitrogens with two attached hydrogens (primary N) is 1. The lowest BCUT2D eigenvalue weighted by Crippen LogP contribution is -2.45. The number of hydrogen-bond acceptors (Lipinski definition) is 5. The molecule has 1 amide bonds. The molecule has 0 aliphatic carbocycles. The molecular formula is C13H31NO5Si. The van der Waals surface area contributed by atoms with Crippen molar-refractivity contribution in [2.75, 3.05) is 19.8 Å². The van der Waals surface area contributed by atoms with Gasteiger partial charge in [0.25, 0.3) is 0 Å². The van der Waals surface area contributed by atoms with E-state index in [1.165, 1.54) is 0 Å². The van der Waals surface area contributed by atoms with Crippen LogP contribution < -0.4 is 5.73 Å². The van der Waals surface area contributed by atoms with E-state index in [1.54, 1.807) is 6.92 Å². The molecule has 0 radical (unpaired) electrons. The predicted octanol–water partition coefficient (Wildman–Crippen LogP) is 1.69. The first-order valence-corrected chi connectivity index (χ1v) is 9.25. The Kier molecular flexibility index (Phi) is 14.7. The predicted molar refractivity (Wildman–Crippen MR) is 81.2 cm³/mol. The summed E-state index contributed by atoms with van der Waals surface area (Å²) >= 11 is 0. The summed E-state index contributed by atoms with van der Waals surface area (Å²) in [5.41, 5.74) is 4.66. The molecule has 0 bridgehead atoms. The number of aliphatic hydroxyl groups excluding tert-OH is 1. The van der Waals surface area contributed by atoms with Gasteiger partial charge in [-0.15, -0.1) is 0 Å². The lowest BCUT2D eigenvalue weighted by atomic mass is 10.3. The van der Waals surface area contributed by atoms with Crippen molar-refractivity contribution in [2.45, 2.75) is 59.6 Å². The van der Waals surface area contributed by atoms with Gasteiger partial charge >= 0.3 is 8.80 Å². The van der Waals surface area contributed by atoms with E-state index < -0.39 is 20.8 Å². The highest BCUT2D eigenvalue weighted by Crippen LogP contribution is 2.17. The molecule has 0 aliphatic rings. The maximum atomic E-state index is 9.90. The molecule has 1 atom stereocenters. The molecule has 0 heterocycles. The molecule has 0 aromatic heterocycles. The Labute approximate surface area is 124 Å². The van der Waals surface area contributed by atoms with Crippen molar-refractivity contribution in [1.29, 1.82) is 0 Å². The summed E-state index contributed by atoms with van der Waals surface area (Å²) in [6.07, 6.45) is 0.488. The van der Waals surface area contributed by atoms with Gasteiger partial charge < -0.3 is 24.1 Å². The lowest BCUT2D eigenvalue weighted by molar-refractivity contribution is -0.126. The lowest BCUT2D eigenvalue weighted by Gasteiger charge is -2.27. The summed E-state index contributed by atoms with van der Waals surface area (Å²) < 4.78 is 16.9. The fraction of sp³-hybridized carbons (Fsp3) is 0.923. The Balaban J connectivity index is 0. The number of aliphatic hydroxyl groups is 1. The number of rotatable bonds is 10. The minimum Gasteiger partial charge on any atom is -0.383 e. The van der Waals surface area contributed by atoms with E-state index in [9.17, 15) is 4.79 Å². The number of amides is 1. The number of hydrogen-bond donors (Lipinski definition) is 2. The Hall–Kier alpha value is -0.473. The van der Waals surface area contributed by atoms with Crippen molar-refractivity contribution in [2.24, 2.45) is 5.73 Å². The van der Waals surface area contributed by atoms with Crippen molar-refractivity contribution >= 4 is 14.7 Å². The highest BCUT2D eigenvalue weighted by molar-refractivity contribution is 6.60. The fourth-order valence-corrected chi connectivity index (χ4v) is 4.12. The molecule has 1 unspecified atom stereocenters. The maximum Gasteiger partial charge on any atom is 0.500 e. The quantitative estimate of drug-likeness (QED) is 0.599. The van der Waals surface area contributed by atoms with Crippen LogP contribution in [0.1, 0.15) is 47.5 Å². The normalized spacial score (nSPS) is 12.5. The standard InChI is InChI=1S/C9H22O3Si.C4H9NO2/c1-5-9-13(10-6-2,11-7-3)12-8-4;1-2-3(6)4(5)7/h5-9H2,1-4H3;3,6H,2H2,1H3,(H2,5,7). The van der Waals surface area contributed by atoms with Crippen LogP contribution in [-0.4, -0.2) is 45.7 Å². The summed E-state index contributed by atoms with van der Waals surface area (Å²) in [5, 5.41) is 8.46. The Morgan fingerprint density at radius 1 is 1.05 bits per heavy atom. The molecule has 0 aromatic rings. The van der Waals surface area contributed by atoms with Crippen LogP contribution in [-0.2, 0) is 18.1 Å². The molecular weight excluding hydrogens is 278 g/mol. The topological polar surface area (TPSA) is 91.0 Å². The van der Waals surface area contributed by atoms with E-state index in [0.717, 1.165) is 12.5 Å². The molecule has 0 saturated heterocycles. The third kappa shape index (κ3) is 10.3. The molecule has 0 fully saturated rings. The van der Waals surface area contributed by atoms with E-state index in [4.69, 9.17) is 18.4 Å². The largest absolute Gasteiger partial charge is 0.500 e. The van der Waals surface area contributed by atoms with Crippen molar-refractivity contribution in [1.82, 2.24) is 0 Å². The van der Waals surface area contributed by atoms with Crippen LogP contribution in [0.2, 0.25) is 6.04 Å². The molecule has 0 aliphatic heterocycles. The van der Waals surface area contributed by atoms with Gasteiger partial charge in [0.15, 0.2) is 0 Å². The number of primary amides is 1. The molecule has 0 rings (SSSR count). The zero-order chi connectivity index (χ0) is 16.0. The fourth-order valence-electron chi connectivity index (χ4n) is 1.51. The first-order chi connectivity index (χ1) is 9.42. The third-order valence-electron chi connectivity index (χ3n) is 2.36. The first kappa shape index (κ1) is 21.8. The van der Waals surface area contributed by atoms with Gasteiger partial charge in [-0.2, -0.15) is 0 Å². The Bertz CT molecular complexity index is 211. The highest BCUT2D eigenvalue weighted by atomic mass is 28.4. The summed E-state index contributed by atoms with van der Waals surface area (Å²) in [7, 11) is -2.30. The van der Waals surface area contributed by atoms with Gasteiger partial charge in [0.1, 0.15) is 6.10 Å². The second kappa shape index (κ2) is 13.5. The Morgan fingerprint density at radius 3 is 1.60 bits per heavy atom. The molecule has 20 heavy (non-hydrogen) atoms. The van der Waals surface area contributed by atoms with E-state index in [0.29, 0.717) is 26.2 Å². The minimum absolute atomic E-state index is 0.398. The first-order valence-electron chi connectivity index (χ1n) is 7.32. The second-order valence-electron chi connectivity index (χ2n) is 4.06. The second-order valence-corrected chi connectivity index (χ2v) is 6.79. The zero-order valence-corrected chi connectivity index (χ0v) is 14.5. The third-order valence-corrected chi connectivity index (χ3v) is 5.66. The van der Waals surface area contributed by atoms with Crippen LogP contribution in [0.25, 0.3) is 0 Å². The SMILES string of the molecule is CCC(O)C(N)=O.CCC[Si](OCC)(OCC)OCC. The van der Waals surface area contributed by atoms with Crippen LogP contribution in [0.3, 0.4) is 0 Å². The molecule has 7 heteroatoms. The molecule has 0 saturated carbocycles. The van der Waals surface area contributed by atoms with Gasteiger partial charge in [-0.1, -0.05) is 20.3 Å². The van der Waals surface area contributed by atoms with Crippen LogP contribution >= 0.6 is 0 Å². The van der Waals surface area contributed by atoms with E-state index in [-0.39, 0.29) is 0 Å². The van der Waals surface area contributed by atoms with Gasteiger partial charge in [0.2, 0.25) is 5.91 Å². The zero-order valence-electron chi connectivity index (χ0n) is 13.5. The van der Waals surface area contributed by atoms with Gasteiger partial charge in [-0.05, 0) is 27.2 Å². The smallest absolute Gasteiger partial charge is 0.383 e. The average Bonchev–Trinajstić information content (AvgIpc) is 2.39. The monoisotopic (exact) mass is 309 g/mol. The van der Waals surface area contributed by atoms with Gasteiger partial charge in [-0.25, -0.2) is 0 Å². The molecule has 6 nitrogen and oxygen atoms in total. The van der Waals surface area contributed by atoms with E-state index in [1.807, 2.05) is 20.8 Å². The summed E-state index contributed by atoms with van der Waals surface area (Å²) in [4.78, 5) is 9.90. The summed E-state index contributed by atoms with van der Waals surface area (Å²) in [5.74, 6) is -0.650. The minimum atomic E-state index is -2.30. The van der Waals surface area contributed by atoms with Gasteiger partial charge in [0, 0.05) is 25.9 Å². The van der Waals surface area contributed by atoms with Gasteiger partial charge in [-0.3, -0.25) is 4.79 Å². The van der Waals surface area contributed by atoms with E-state index >= 15 is 0 Å². The van der Waals surface area contributed by atoms with E-state index in [2.05, 4.69) is 12.7 Å². The van der Waals surface area contributed by atoms with Crippen molar-refractivity contribution in [3.05, 3.63) is 0 Å². The highest BCUT2D eigenvalue weighted by Gasteiger charge is 2.38. The molecule has 3 N–H and O–H groups in total.